The average Bonchev–Trinajstić information content (AvgIpc) is 2.67. The van der Waals surface area contributed by atoms with Gasteiger partial charge in [-0.1, -0.05) is 17.7 Å². The predicted molar refractivity (Wildman–Crippen MR) is 99.3 cm³/mol. The Morgan fingerprint density at radius 1 is 0.963 bits per heavy atom. The minimum absolute atomic E-state index is 0.0948. The van der Waals surface area contributed by atoms with Crippen LogP contribution in [0.15, 0.2) is 65.6 Å². The van der Waals surface area contributed by atoms with Crippen molar-refractivity contribution < 1.29 is 17.5 Å². The smallest absolute Gasteiger partial charge is 0.240 e. The fourth-order valence-corrected chi connectivity index (χ4v) is 3.32. The number of sulfonamides is 1. The summed E-state index contributed by atoms with van der Waals surface area (Å²) in [5, 5.41) is 7.96. The van der Waals surface area contributed by atoms with Gasteiger partial charge in [0.05, 0.1) is 10.6 Å². The standard InChI is InChI=1S/C19H18FN3O3S/c1-14-2-8-17(9-3-14)27(24,25)21-12-13-26-19-11-10-18(22-23-19)15-4-6-16(20)7-5-15/h2-11,21H,12-13H2,1H3. The minimum atomic E-state index is -3.57. The Balaban J connectivity index is 1.52. The Morgan fingerprint density at radius 2 is 1.67 bits per heavy atom. The number of halogens is 1. The monoisotopic (exact) mass is 387 g/mol. The van der Waals surface area contributed by atoms with Crippen molar-refractivity contribution >= 4 is 10.0 Å². The van der Waals surface area contributed by atoms with Gasteiger partial charge in [-0.3, -0.25) is 0 Å². The second kappa shape index (κ2) is 8.24. The van der Waals surface area contributed by atoms with Gasteiger partial charge in [-0.15, -0.1) is 10.2 Å². The third-order valence-corrected chi connectivity index (χ3v) is 5.23. The maximum atomic E-state index is 12.9. The fourth-order valence-electron chi connectivity index (χ4n) is 2.30. The lowest BCUT2D eigenvalue weighted by Gasteiger charge is -2.08. The number of hydrogen-bond donors (Lipinski definition) is 1. The third-order valence-electron chi connectivity index (χ3n) is 3.76. The highest BCUT2D eigenvalue weighted by Crippen LogP contribution is 2.18. The largest absolute Gasteiger partial charge is 0.475 e. The van der Waals surface area contributed by atoms with Gasteiger partial charge in [0.1, 0.15) is 12.4 Å². The van der Waals surface area contributed by atoms with Crippen LogP contribution in [-0.4, -0.2) is 31.8 Å². The number of nitrogens with one attached hydrogen (secondary N) is 1. The molecule has 0 aliphatic rings. The zero-order valence-corrected chi connectivity index (χ0v) is 15.4. The number of hydrogen-bond acceptors (Lipinski definition) is 5. The Labute approximate surface area is 157 Å². The molecule has 0 saturated carbocycles. The van der Waals surface area contributed by atoms with Crippen LogP contribution < -0.4 is 9.46 Å². The maximum absolute atomic E-state index is 12.9. The minimum Gasteiger partial charge on any atom is -0.475 e. The van der Waals surface area contributed by atoms with Gasteiger partial charge in [0.25, 0.3) is 0 Å². The molecule has 0 atom stereocenters. The van der Waals surface area contributed by atoms with Crippen LogP contribution in [0, 0.1) is 12.7 Å². The van der Waals surface area contributed by atoms with E-state index < -0.39 is 10.0 Å². The second-order valence-corrected chi connectivity index (χ2v) is 7.59. The first-order valence-corrected chi connectivity index (χ1v) is 9.71. The van der Waals surface area contributed by atoms with Gasteiger partial charge in [-0.25, -0.2) is 17.5 Å². The van der Waals surface area contributed by atoms with Gasteiger partial charge >= 0.3 is 0 Å². The van der Waals surface area contributed by atoms with Crippen LogP contribution in [0.3, 0.4) is 0 Å². The predicted octanol–water partition coefficient (Wildman–Crippen LogP) is 2.95. The molecule has 1 N–H and O–H groups in total. The van der Waals surface area contributed by atoms with Gasteiger partial charge in [-0.05, 0) is 49.4 Å². The lowest BCUT2D eigenvalue weighted by Crippen LogP contribution is -2.28. The summed E-state index contributed by atoms with van der Waals surface area (Å²) < 4.78 is 45.1. The van der Waals surface area contributed by atoms with Crippen LogP contribution in [0.2, 0.25) is 0 Å². The molecule has 0 unspecified atom stereocenters. The van der Waals surface area contributed by atoms with Crippen molar-refractivity contribution in [3.05, 3.63) is 72.0 Å². The summed E-state index contributed by atoms with van der Waals surface area (Å²) in [6, 6.07) is 15.8. The Bertz CT molecular complexity index is 990. The molecule has 27 heavy (non-hydrogen) atoms. The lowest BCUT2D eigenvalue weighted by molar-refractivity contribution is 0.307. The zero-order valence-electron chi connectivity index (χ0n) is 14.6. The molecule has 3 rings (SSSR count). The second-order valence-electron chi connectivity index (χ2n) is 5.82. The molecule has 140 valence electrons. The summed E-state index contributed by atoms with van der Waals surface area (Å²) in [6.07, 6.45) is 0. The quantitative estimate of drug-likeness (QED) is 0.631. The van der Waals surface area contributed by atoms with E-state index in [-0.39, 0.29) is 29.7 Å². The molecule has 0 amide bonds. The lowest BCUT2D eigenvalue weighted by atomic mass is 10.1. The molecular weight excluding hydrogens is 369 g/mol. The van der Waals surface area contributed by atoms with E-state index in [0.717, 1.165) is 11.1 Å². The summed E-state index contributed by atoms with van der Waals surface area (Å²) in [6.45, 7) is 2.09. The zero-order chi connectivity index (χ0) is 19.3. The molecule has 6 nitrogen and oxygen atoms in total. The van der Waals surface area contributed by atoms with Crippen molar-refractivity contribution in [3.63, 3.8) is 0 Å². The fraction of sp³-hybridized carbons (Fsp3) is 0.158. The SMILES string of the molecule is Cc1ccc(S(=O)(=O)NCCOc2ccc(-c3ccc(F)cc3)nn2)cc1. The molecule has 0 aliphatic carbocycles. The molecule has 8 heteroatoms. The molecule has 0 radical (unpaired) electrons. The van der Waals surface area contributed by atoms with Crippen molar-refractivity contribution in [1.82, 2.24) is 14.9 Å². The maximum Gasteiger partial charge on any atom is 0.240 e. The summed E-state index contributed by atoms with van der Waals surface area (Å²) in [5.74, 6) is -0.0462. The van der Waals surface area contributed by atoms with E-state index in [1.165, 1.54) is 12.1 Å². The van der Waals surface area contributed by atoms with Crippen molar-refractivity contribution in [2.45, 2.75) is 11.8 Å². The molecule has 0 fully saturated rings. The number of aryl methyl sites for hydroxylation is 1. The summed E-state index contributed by atoms with van der Waals surface area (Å²) >= 11 is 0. The summed E-state index contributed by atoms with van der Waals surface area (Å²) in [5.41, 5.74) is 2.31. The first kappa shape index (κ1) is 18.9. The van der Waals surface area contributed by atoms with Crippen molar-refractivity contribution in [1.29, 1.82) is 0 Å². The normalized spacial score (nSPS) is 11.3. The number of rotatable bonds is 7. The van der Waals surface area contributed by atoms with E-state index in [2.05, 4.69) is 14.9 Å². The van der Waals surface area contributed by atoms with Crippen LogP contribution in [0.1, 0.15) is 5.56 Å². The van der Waals surface area contributed by atoms with Gasteiger partial charge in [-0.2, -0.15) is 0 Å². The van der Waals surface area contributed by atoms with Gasteiger partial charge in [0.2, 0.25) is 15.9 Å². The Hall–Kier alpha value is -2.84. The van der Waals surface area contributed by atoms with E-state index in [9.17, 15) is 12.8 Å². The Kier molecular flexibility index (Phi) is 5.78. The Morgan fingerprint density at radius 3 is 2.30 bits per heavy atom. The van der Waals surface area contributed by atoms with Crippen LogP contribution >= 0.6 is 0 Å². The van der Waals surface area contributed by atoms with Crippen LogP contribution in [0.25, 0.3) is 11.3 Å². The third kappa shape index (κ3) is 5.08. The molecule has 0 bridgehead atoms. The van der Waals surface area contributed by atoms with E-state index >= 15 is 0 Å². The topological polar surface area (TPSA) is 81.2 Å². The highest BCUT2D eigenvalue weighted by molar-refractivity contribution is 7.89. The van der Waals surface area contributed by atoms with Gasteiger partial charge in [0.15, 0.2) is 0 Å². The van der Waals surface area contributed by atoms with Crippen molar-refractivity contribution in [2.75, 3.05) is 13.2 Å². The molecule has 2 aromatic carbocycles. The highest BCUT2D eigenvalue weighted by Gasteiger charge is 2.12. The van der Waals surface area contributed by atoms with Gasteiger partial charge < -0.3 is 4.74 Å². The molecule has 3 aromatic rings. The first-order chi connectivity index (χ1) is 12.9. The van der Waals surface area contributed by atoms with Crippen molar-refractivity contribution in [3.8, 4) is 17.1 Å². The summed E-state index contributed by atoms with van der Waals surface area (Å²) in [4.78, 5) is 0.205. The first-order valence-electron chi connectivity index (χ1n) is 8.23. The van der Waals surface area contributed by atoms with E-state index in [1.54, 1.807) is 48.5 Å². The van der Waals surface area contributed by atoms with Crippen LogP contribution in [0.4, 0.5) is 4.39 Å². The highest BCUT2D eigenvalue weighted by atomic mass is 32.2. The molecular formula is C19H18FN3O3S. The number of ether oxygens (including phenoxy) is 1. The van der Waals surface area contributed by atoms with Gasteiger partial charge in [0, 0.05) is 18.2 Å². The van der Waals surface area contributed by atoms with E-state index in [1.807, 2.05) is 6.92 Å². The average molecular weight is 387 g/mol. The molecule has 1 heterocycles. The molecule has 0 aliphatic heterocycles. The van der Waals surface area contributed by atoms with Crippen molar-refractivity contribution in [2.24, 2.45) is 0 Å². The molecule has 0 spiro atoms. The number of benzene rings is 2. The summed E-state index contributed by atoms with van der Waals surface area (Å²) in [7, 11) is -3.57. The van der Waals surface area contributed by atoms with Crippen LogP contribution in [0.5, 0.6) is 5.88 Å². The van der Waals surface area contributed by atoms with E-state index in [4.69, 9.17) is 4.74 Å². The number of aromatic nitrogens is 2. The van der Waals surface area contributed by atoms with Crippen LogP contribution in [-0.2, 0) is 10.0 Å². The molecule has 0 saturated heterocycles. The van der Waals surface area contributed by atoms with E-state index in [0.29, 0.717) is 5.69 Å². The number of nitrogens with zero attached hydrogens (tertiary/aromatic N) is 2. The molecule has 1 aromatic heterocycles.